The highest BCUT2D eigenvalue weighted by Gasteiger charge is 2.47. The van der Waals surface area contributed by atoms with Crippen molar-refractivity contribution < 1.29 is 47.8 Å². The molecule has 0 bridgehead atoms. The summed E-state index contributed by atoms with van der Waals surface area (Å²) < 4.78 is 59.4. The molecule has 15 heteroatoms. The second-order valence-electron chi connectivity index (χ2n) is 10.00. The molecule has 1 fully saturated rings. The molecule has 2 aliphatic rings. The van der Waals surface area contributed by atoms with E-state index in [2.05, 4.69) is 15.3 Å². The van der Waals surface area contributed by atoms with Gasteiger partial charge in [-0.05, 0) is 44.2 Å². The number of phenols is 1. The molecule has 0 saturated carbocycles. The summed E-state index contributed by atoms with van der Waals surface area (Å²) in [5.74, 6) is -6.04. The predicted octanol–water partition coefficient (Wildman–Crippen LogP) is 2.53. The van der Waals surface area contributed by atoms with E-state index in [1.54, 1.807) is 25.1 Å². The Labute approximate surface area is 250 Å². The van der Waals surface area contributed by atoms with Gasteiger partial charge < -0.3 is 50.1 Å². The van der Waals surface area contributed by atoms with Crippen LogP contribution < -0.4 is 25.3 Å². The molecule has 234 valence electrons. The molecule has 2 aliphatic heterocycles. The van der Waals surface area contributed by atoms with E-state index in [0.29, 0.717) is 17.9 Å². The highest BCUT2D eigenvalue weighted by molar-refractivity contribution is 6.00. The Hall–Kier alpha value is -4.57. The summed E-state index contributed by atoms with van der Waals surface area (Å²) >= 11 is 0. The number of nitrogens with one attached hydrogen (secondary N) is 2. The van der Waals surface area contributed by atoms with Crippen LogP contribution in [-0.2, 0) is 9.47 Å². The first-order valence-electron chi connectivity index (χ1n) is 13.7. The molecule has 0 amide bonds. The number of nitrogens with zero attached hydrogens (tertiary/aromatic N) is 2. The van der Waals surface area contributed by atoms with Gasteiger partial charge in [0, 0.05) is 23.8 Å². The lowest BCUT2D eigenvalue weighted by Gasteiger charge is -2.22. The Morgan fingerprint density at radius 2 is 1.91 bits per heavy atom. The molecule has 0 radical (unpaired) electrons. The summed E-state index contributed by atoms with van der Waals surface area (Å²) in [6.07, 6.45) is -5.46. The molecule has 44 heavy (non-hydrogen) atoms. The number of phenolic OH excluding ortho intramolecular Hbond substituents is 1. The molecule has 7 N–H and O–H groups in total. The third kappa shape index (κ3) is 6.35. The number of nitrogens with two attached hydrogens (primary N) is 1. The van der Waals surface area contributed by atoms with Crippen molar-refractivity contribution in [3.63, 3.8) is 0 Å². The van der Waals surface area contributed by atoms with Gasteiger partial charge in [0.05, 0.1) is 13.2 Å². The van der Waals surface area contributed by atoms with E-state index in [9.17, 15) is 15.3 Å². The summed E-state index contributed by atoms with van der Waals surface area (Å²) in [6.45, 7) is 3.66. The number of amidine groups is 2. The molecule has 3 heterocycles. The minimum atomic E-state index is -1.54. The van der Waals surface area contributed by atoms with Crippen LogP contribution in [0.4, 0.5) is 8.78 Å². The van der Waals surface area contributed by atoms with Crippen molar-refractivity contribution in [1.29, 1.82) is 5.41 Å². The number of ether oxygens (including phenoxy) is 5. The average Bonchev–Trinajstić information content (AvgIpc) is 3.57. The third-order valence-electron chi connectivity index (χ3n) is 6.74. The number of pyridine rings is 1. The summed E-state index contributed by atoms with van der Waals surface area (Å²) in [5, 5.41) is 41.7. The van der Waals surface area contributed by atoms with Crippen molar-refractivity contribution in [2.24, 2.45) is 10.7 Å². The molecular formula is C29H31F2N5O8. The summed E-state index contributed by atoms with van der Waals surface area (Å²) in [6, 6.07) is 10.3. The van der Waals surface area contributed by atoms with E-state index in [-0.39, 0.29) is 35.5 Å². The van der Waals surface area contributed by atoms with Crippen molar-refractivity contribution >= 4 is 11.7 Å². The number of aromatic hydroxyl groups is 1. The fourth-order valence-corrected chi connectivity index (χ4v) is 4.57. The van der Waals surface area contributed by atoms with Gasteiger partial charge in [-0.25, -0.2) is 0 Å². The normalized spacial score (nSPS) is 22.8. The van der Waals surface area contributed by atoms with Gasteiger partial charge in [-0.15, -0.1) is 0 Å². The second kappa shape index (κ2) is 13.0. The lowest BCUT2D eigenvalue weighted by Crippen LogP contribution is -2.40. The number of aromatic nitrogens is 1. The fraction of sp³-hybridized carbons (Fsp3) is 0.345. The molecule has 5 atom stereocenters. The Kier molecular flexibility index (Phi) is 9.10. The zero-order valence-corrected chi connectivity index (χ0v) is 23.7. The molecular weight excluding hydrogens is 584 g/mol. The van der Waals surface area contributed by atoms with Gasteiger partial charge in [0.2, 0.25) is 17.4 Å². The number of hydrogen-bond acceptors (Lipinski definition) is 12. The lowest BCUT2D eigenvalue weighted by molar-refractivity contribution is -0.166. The predicted molar refractivity (Wildman–Crippen MR) is 152 cm³/mol. The van der Waals surface area contributed by atoms with Gasteiger partial charge in [-0.1, -0.05) is 12.1 Å². The largest absolute Gasteiger partial charge is 0.504 e. The van der Waals surface area contributed by atoms with E-state index in [1.807, 2.05) is 6.92 Å². The van der Waals surface area contributed by atoms with Crippen molar-refractivity contribution in [3.05, 3.63) is 65.2 Å². The van der Waals surface area contributed by atoms with Crippen molar-refractivity contribution in [2.75, 3.05) is 19.8 Å². The van der Waals surface area contributed by atoms with E-state index in [0.717, 1.165) is 6.07 Å². The van der Waals surface area contributed by atoms with E-state index in [4.69, 9.17) is 34.8 Å². The van der Waals surface area contributed by atoms with Crippen molar-refractivity contribution in [3.8, 4) is 34.8 Å². The van der Waals surface area contributed by atoms with Crippen LogP contribution in [0, 0.1) is 17.0 Å². The number of nitrogen functional groups attached to an aromatic ring is 1. The molecule has 5 unspecified atom stereocenters. The standard InChI is InChI=1S/C29H31F2N5O8/c1-3-40-29-22(39)23(19(12-37)43-29)44-24-20(30)27(41-16-6-4-5-15(9-16)26-34-11-13(2)35-26)36-28(21(24)31)42-18-10-14(25(32)33)7-8-17(18)38/h4-10,13,19,22-23,29,37-39H,3,11-12H2,1-2H3,(H3,32,33)(H,34,35). The Bertz CT molecular complexity index is 1570. The first-order valence-corrected chi connectivity index (χ1v) is 13.7. The van der Waals surface area contributed by atoms with Gasteiger partial charge in [0.15, 0.2) is 23.9 Å². The van der Waals surface area contributed by atoms with Crippen molar-refractivity contribution in [1.82, 2.24) is 10.3 Å². The average molecular weight is 616 g/mol. The van der Waals surface area contributed by atoms with Crippen LogP contribution in [0.2, 0.25) is 0 Å². The molecule has 5 rings (SSSR count). The van der Waals surface area contributed by atoms with Gasteiger partial charge in [-0.2, -0.15) is 13.8 Å². The Morgan fingerprint density at radius 1 is 1.16 bits per heavy atom. The van der Waals surface area contributed by atoms with E-state index < -0.39 is 66.1 Å². The highest BCUT2D eigenvalue weighted by atomic mass is 19.1. The van der Waals surface area contributed by atoms with Crippen molar-refractivity contribution in [2.45, 2.75) is 44.5 Å². The van der Waals surface area contributed by atoms with Crippen LogP contribution in [0.3, 0.4) is 0 Å². The number of rotatable bonds is 11. The minimum Gasteiger partial charge on any atom is -0.504 e. The Balaban J connectivity index is 1.55. The number of hydrogen-bond donors (Lipinski definition) is 6. The van der Waals surface area contributed by atoms with Crippen LogP contribution in [0.1, 0.15) is 25.0 Å². The quantitative estimate of drug-likeness (QED) is 0.137. The molecule has 0 aliphatic carbocycles. The first kappa shape index (κ1) is 30.9. The monoisotopic (exact) mass is 615 g/mol. The zero-order chi connectivity index (χ0) is 31.5. The first-order chi connectivity index (χ1) is 21.1. The number of aliphatic imine (C=N–C) groups is 1. The van der Waals surface area contributed by atoms with Crippen LogP contribution >= 0.6 is 0 Å². The summed E-state index contributed by atoms with van der Waals surface area (Å²) in [5.41, 5.74) is 6.31. The summed E-state index contributed by atoms with van der Waals surface area (Å²) in [4.78, 5) is 8.29. The van der Waals surface area contributed by atoms with E-state index in [1.165, 1.54) is 18.2 Å². The van der Waals surface area contributed by atoms with Gasteiger partial charge >= 0.3 is 0 Å². The number of benzene rings is 2. The van der Waals surface area contributed by atoms with Crippen LogP contribution in [0.5, 0.6) is 34.8 Å². The SMILES string of the molecule is CCOC1OC(CO)C(Oc2c(F)c(Oc3cccc(C4=NCC(C)N4)c3)nc(Oc3cc(C(=N)N)ccc3O)c2F)C1O. The molecule has 1 aromatic heterocycles. The number of halogens is 2. The third-order valence-corrected chi connectivity index (χ3v) is 6.74. The molecule has 1 saturated heterocycles. The molecule has 3 aromatic rings. The minimum absolute atomic E-state index is 0.108. The topological polar surface area (TPSA) is 194 Å². The van der Waals surface area contributed by atoms with Crippen LogP contribution in [0.15, 0.2) is 47.5 Å². The van der Waals surface area contributed by atoms with Crippen LogP contribution in [-0.4, -0.2) is 82.4 Å². The molecule has 2 aromatic carbocycles. The van der Waals surface area contributed by atoms with Gasteiger partial charge in [-0.3, -0.25) is 10.4 Å². The van der Waals surface area contributed by atoms with Gasteiger partial charge in [0.1, 0.15) is 29.6 Å². The summed E-state index contributed by atoms with van der Waals surface area (Å²) in [7, 11) is 0. The Morgan fingerprint density at radius 3 is 2.57 bits per heavy atom. The molecule has 0 spiro atoms. The maximum absolute atomic E-state index is 15.9. The van der Waals surface area contributed by atoms with Gasteiger partial charge in [0.25, 0.3) is 11.8 Å². The maximum atomic E-state index is 15.9. The fourth-order valence-electron chi connectivity index (χ4n) is 4.57. The second-order valence-corrected chi connectivity index (χ2v) is 10.00. The maximum Gasteiger partial charge on any atom is 0.263 e. The smallest absolute Gasteiger partial charge is 0.263 e. The van der Waals surface area contributed by atoms with E-state index >= 15 is 8.78 Å². The zero-order valence-electron chi connectivity index (χ0n) is 23.7. The lowest BCUT2D eigenvalue weighted by atomic mass is 10.1. The number of aliphatic hydroxyl groups is 2. The van der Waals surface area contributed by atoms with Crippen LogP contribution in [0.25, 0.3) is 0 Å². The number of aliphatic hydroxyl groups excluding tert-OH is 2. The molecule has 13 nitrogen and oxygen atoms in total. The highest BCUT2D eigenvalue weighted by Crippen LogP contribution is 2.41.